The largest absolute Gasteiger partial charge is 0.298 e. The molecule has 0 aromatic rings. The first-order valence-electron chi connectivity index (χ1n) is 6.09. The number of hydrogen-bond donors (Lipinski definition) is 0. The van der Waals surface area contributed by atoms with E-state index in [4.69, 9.17) is 0 Å². The maximum atomic E-state index is 2.55. The summed E-state index contributed by atoms with van der Waals surface area (Å²) in [7, 11) is 0. The fourth-order valence-corrected chi connectivity index (χ4v) is 1.77. The zero-order chi connectivity index (χ0) is 11.1. The summed E-state index contributed by atoms with van der Waals surface area (Å²) >= 11 is 0. The molecule has 1 heterocycles. The van der Waals surface area contributed by atoms with Crippen LogP contribution in [0, 0.1) is 0 Å². The van der Waals surface area contributed by atoms with Crippen LogP contribution in [0.4, 0.5) is 0 Å². The Morgan fingerprint density at radius 3 is 1.00 bits per heavy atom. The van der Waals surface area contributed by atoms with Crippen molar-refractivity contribution >= 4 is 0 Å². The average Bonchev–Trinajstić information content (AvgIpc) is 2.21. The Morgan fingerprint density at radius 2 is 0.867 bits per heavy atom. The van der Waals surface area contributed by atoms with Gasteiger partial charge in [-0.25, -0.2) is 0 Å². The fraction of sp³-hybridized carbons (Fsp3) is 1.00. The van der Waals surface area contributed by atoms with Crippen molar-refractivity contribution in [1.82, 2.24) is 9.80 Å². The lowest BCUT2D eigenvalue weighted by Gasteiger charge is -2.38. The highest BCUT2D eigenvalue weighted by molar-refractivity contribution is 4.75. The third-order valence-electron chi connectivity index (χ3n) is 2.81. The minimum absolute atomic E-state index is 0. The van der Waals surface area contributed by atoms with Gasteiger partial charge in [-0.15, -0.1) is 0 Å². The van der Waals surface area contributed by atoms with Gasteiger partial charge < -0.3 is 0 Å². The van der Waals surface area contributed by atoms with Crippen molar-refractivity contribution in [3.05, 3.63) is 0 Å². The van der Waals surface area contributed by atoms with Crippen molar-refractivity contribution in [3.63, 3.8) is 0 Å². The van der Waals surface area contributed by atoms with E-state index < -0.39 is 0 Å². The molecular formula is C13H32N2. The molecule has 94 valence electrons. The molecule has 0 aliphatic carbocycles. The Hall–Kier alpha value is -0.0800. The second-order valence-corrected chi connectivity index (χ2v) is 4.26. The van der Waals surface area contributed by atoms with Crippen LogP contribution in [-0.2, 0) is 0 Å². The standard InChI is InChI=1S/C10H22N2.C2H6.CH4/c1-9(2)11-5-7-12(8-6-11)10(3)4;1-2;/h9-10H,5-8H2,1-4H3;1-2H3;1H4. The molecule has 0 aromatic carbocycles. The second kappa shape index (κ2) is 9.17. The van der Waals surface area contributed by atoms with E-state index in [1.54, 1.807) is 0 Å². The summed E-state index contributed by atoms with van der Waals surface area (Å²) in [5.41, 5.74) is 0. The van der Waals surface area contributed by atoms with Gasteiger partial charge in [0.05, 0.1) is 0 Å². The SMILES string of the molecule is C.CC.CC(C)N1CCN(C(C)C)CC1. The Kier molecular flexibility index (Phi) is 10.6. The van der Waals surface area contributed by atoms with Crippen LogP contribution in [0.15, 0.2) is 0 Å². The van der Waals surface area contributed by atoms with E-state index in [9.17, 15) is 0 Å². The van der Waals surface area contributed by atoms with E-state index in [0.29, 0.717) is 0 Å². The summed E-state index contributed by atoms with van der Waals surface area (Å²) < 4.78 is 0. The molecule has 0 radical (unpaired) electrons. The zero-order valence-electron chi connectivity index (χ0n) is 10.9. The number of hydrogen-bond acceptors (Lipinski definition) is 2. The molecule has 1 rings (SSSR count). The monoisotopic (exact) mass is 216 g/mol. The van der Waals surface area contributed by atoms with Gasteiger partial charge in [0.1, 0.15) is 0 Å². The Bertz CT molecular complexity index is 108. The number of piperazine rings is 1. The van der Waals surface area contributed by atoms with Crippen LogP contribution < -0.4 is 0 Å². The van der Waals surface area contributed by atoms with E-state index >= 15 is 0 Å². The smallest absolute Gasteiger partial charge is 0.0113 e. The van der Waals surface area contributed by atoms with Crippen LogP contribution in [0.2, 0.25) is 0 Å². The van der Waals surface area contributed by atoms with Crippen LogP contribution >= 0.6 is 0 Å². The van der Waals surface area contributed by atoms with Gasteiger partial charge in [0.15, 0.2) is 0 Å². The maximum absolute atomic E-state index is 2.55. The Labute approximate surface area is 97.6 Å². The summed E-state index contributed by atoms with van der Waals surface area (Å²) in [6, 6.07) is 1.44. The van der Waals surface area contributed by atoms with Crippen molar-refractivity contribution in [2.75, 3.05) is 26.2 Å². The molecule has 0 amide bonds. The molecule has 0 saturated carbocycles. The van der Waals surface area contributed by atoms with E-state index in [0.717, 1.165) is 12.1 Å². The molecule has 1 fully saturated rings. The van der Waals surface area contributed by atoms with Gasteiger partial charge in [0, 0.05) is 38.3 Å². The summed E-state index contributed by atoms with van der Waals surface area (Å²) in [5, 5.41) is 0. The minimum Gasteiger partial charge on any atom is -0.298 e. The molecule has 1 saturated heterocycles. The Balaban J connectivity index is 0. The van der Waals surface area contributed by atoms with Crippen molar-refractivity contribution < 1.29 is 0 Å². The molecule has 15 heavy (non-hydrogen) atoms. The van der Waals surface area contributed by atoms with Gasteiger partial charge in [0.25, 0.3) is 0 Å². The molecule has 0 aromatic heterocycles. The fourth-order valence-electron chi connectivity index (χ4n) is 1.77. The van der Waals surface area contributed by atoms with E-state index in [1.807, 2.05) is 13.8 Å². The second-order valence-electron chi connectivity index (χ2n) is 4.26. The summed E-state index contributed by atoms with van der Waals surface area (Å²) in [4.78, 5) is 5.11. The third-order valence-corrected chi connectivity index (χ3v) is 2.81. The highest BCUT2D eigenvalue weighted by Gasteiger charge is 2.19. The van der Waals surface area contributed by atoms with Crippen LogP contribution in [0.3, 0.4) is 0 Å². The number of rotatable bonds is 2. The van der Waals surface area contributed by atoms with Crippen molar-refractivity contribution in [3.8, 4) is 0 Å². The highest BCUT2D eigenvalue weighted by Crippen LogP contribution is 2.07. The molecular weight excluding hydrogens is 184 g/mol. The summed E-state index contributed by atoms with van der Waals surface area (Å²) in [5.74, 6) is 0. The molecule has 0 spiro atoms. The van der Waals surface area contributed by atoms with Crippen LogP contribution in [0.1, 0.15) is 49.0 Å². The maximum Gasteiger partial charge on any atom is 0.0113 e. The molecule has 2 nitrogen and oxygen atoms in total. The van der Waals surface area contributed by atoms with Crippen molar-refractivity contribution in [1.29, 1.82) is 0 Å². The Morgan fingerprint density at radius 1 is 0.667 bits per heavy atom. The molecule has 1 aliphatic rings. The highest BCUT2D eigenvalue weighted by atomic mass is 15.3. The van der Waals surface area contributed by atoms with Crippen LogP contribution in [0.25, 0.3) is 0 Å². The molecule has 2 heteroatoms. The van der Waals surface area contributed by atoms with E-state index in [-0.39, 0.29) is 7.43 Å². The number of nitrogens with zero attached hydrogens (tertiary/aromatic N) is 2. The first kappa shape index (κ1) is 17.3. The van der Waals surface area contributed by atoms with Crippen molar-refractivity contribution in [2.24, 2.45) is 0 Å². The van der Waals surface area contributed by atoms with Crippen LogP contribution in [-0.4, -0.2) is 48.1 Å². The van der Waals surface area contributed by atoms with E-state index in [2.05, 4.69) is 37.5 Å². The summed E-state index contributed by atoms with van der Waals surface area (Å²) in [6.07, 6.45) is 0. The predicted molar refractivity (Wildman–Crippen MR) is 71.5 cm³/mol. The topological polar surface area (TPSA) is 6.48 Å². The van der Waals surface area contributed by atoms with Crippen LogP contribution in [0.5, 0.6) is 0 Å². The lowest BCUT2D eigenvalue weighted by Crippen LogP contribution is -2.50. The first-order chi connectivity index (χ1) is 6.61. The normalized spacial score (nSPS) is 18.4. The lowest BCUT2D eigenvalue weighted by molar-refractivity contribution is 0.0887. The molecule has 1 aliphatic heterocycles. The van der Waals surface area contributed by atoms with Gasteiger partial charge in [-0.2, -0.15) is 0 Å². The van der Waals surface area contributed by atoms with Gasteiger partial charge in [0.2, 0.25) is 0 Å². The van der Waals surface area contributed by atoms with Gasteiger partial charge in [-0.1, -0.05) is 21.3 Å². The van der Waals surface area contributed by atoms with E-state index in [1.165, 1.54) is 26.2 Å². The summed E-state index contributed by atoms with van der Waals surface area (Å²) in [6.45, 7) is 18.1. The third kappa shape index (κ3) is 6.16. The first-order valence-corrected chi connectivity index (χ1v) is 6.09. The van der Waals surface area contributed by atoms with Gasteiger partial charge >= 0.3 is 0 Å². The van der Waals surface area contributed by atoms with Crippen molar-refractivity contribution in [2.45, 2.75) is 61.1 Å². The minimum atomic E-state index is 0. The van der Waals surface area contributed by atoms with Gasteiger partial charge in [-0.3, -0.25) is 9.80 Å². The predicted octanol–water partition coefficient (Wildman–Crippen LogP) is 3.08. The quantitative estimate of drug-likeness (QED) is 0.700. The molecule has 0 atom stereocenters. The molecule has 0 N–H and O–H groups in total. The zero-order valence-corrected chi connectivity index (χ0v) is 10.9. The lowest BCUT2D eigenvalue weighted by atomic mass is 10.2. The molecule has 0 unspecified atom stereocenters. The average molecular weight is 216 g/mol. The molecule has 0 bridgehead atoms. The van der Waals surface area contributed by atoms with Gasteiger partial charge in [-0.05, 0) is 27.7 Å².